The zero-order chi connectivity index (χ0) is 21.6. The summed E-state index contributed by atoms with van der Waals surface area (Å²) in [7, 11) is 2.78. The van der Waals surface area contributed by atoms with Gasteiger partial charge in [-0.2, -0.15) is 5.11 Å². The normalized spacial score (nSPS) is 11.7. The number of nitro groups is 1. The Hall–Kier alpha value is -3.53. The molecule has 29 heavy (non-hydrogen) atoms. The number of nitrogens with one attached hydrogen (secondary N) is 1. The summed E-state index contributed by atoms with van der Waals surface area (Å²) in [5, 5.41) is 21.0. The van der Waals surface area contributed by atoms with Crippen molar-refractivity contribution in [1.82, 2.24) is 0 Å². The van der Waals surface area contributed by atoms with E-state index in [1.54, 1.807) is 6.07 Å². The summed E-state index contributed by atoms with van der Waals surface area (Å²) in [4.78, 5) is 35.0. The molecule has 0 bridgehead atoms. The maximum atomic E-state index is 12.6. The number of para-hydroxylation sites is 1. The Morgan fingerprint density at radius 2 is 1.76 bits per heavy atom. The average Bonchev–Trinajstić information content (AvgIpc) is 2.69. The van der Waals surface area contributed by atoms with Gasteiger partial charge in [-0.15, -0.1) is 5.11 Å². The van der Waals surface area contributed by atoms with Crippen molar-refractivity contribution in [3.63, 3.8) is 0 Å². The summed E-state index contributed by atoms with van der Waals surface area (Å²) in [5.41, 5.74) is -0.310. The molecule has 0 heterocycles. The van der Waals surface area contributed by atoms with Crippen LogP contribution in [0.3, 0.4) is 0 Å². The molecule has 0 saturated carbocycles. The number of nitrogens with zero attached hydrogens (tertiary/aromatic N) is 3. The van der Waals surface area contributed by atoms with Crippen LogP contribution in [-0.4, -0.2) is 36.9 Å². The van der Waals surface area contributed by atoms with E-state index < -0.39 is 22.7 Å². The molecule has 0 radical (unpaired) electrons. The molecule has 0 aromatic heterocycles. The van der Waals surface area contributed by atoms with Crippen LogP contribution in [0.2, 0.25) is 5.02 Å². The Morgan fingerprint density at radius 1 is 1.14 bits per heavy atom. The number of ether oxygens (including phenoxy) is 2. The van der Waals surface area contributed by atoms with Gasteiger partial charge in [0, 0.05) is 6.07 Å². The van der Waals surface area contributed by atoms with E-state index >= 15 is 0 Å². The first kappa shape index (κ1) is 21.8. The number of anilines is 1. The van der Waals surface area contributed by atoms with Crippen molar-refractivity contribution in [2.45, 2.75) is 13.0 Å². The van der Waals surface area contributed by atoms with Gasteiger partial charge in [0.15, 0.2) is 11.5 Å². The number of methoxy groups -OCH3 is 2. The van der Waals surface area contributed by atoms with Crippen LogP contribution in [-0.2, 0) is 9.59 Å². The zero-order valence-corrected chi connectivity index (χ0v) is 16.5. The Bertz CT molecular complexity index is 979. The van der Waals surface area contributed by atoms with Crippen LogP contribution in [0.25, 0.3) is 0 Å². The lowest BCUT2D eigenvalue weighted by Gasteiger charge is -2.15. The lowest BCUT2D eigenvalue weighted by atomic mass is 10.2. The maximum absolute atomic E-state index is 12.6. The molecule has 0 fully saturated rings. The van der Waals surface area contributed by atoms with Gasteiger partial charge in [-0.05, 0) is 25.1 Å². The van der Waals surface area contributed by atoms with Gasteiger partial charge in [0.1, 0.15) is 22.2 Å². The van der Waals surface area contributed by atoms with Crippen LogP contribution >= 0.6 is 11.6 Å². The Balaban J connectivity index is 2.35. The summed E-state index contributed by atoms with van der Waals surface area (Å²) >= 11 is 6.22. The molecule has 1 amide bonds. The molecule has 11 heteroatoms. The number of hydrogen-bond donors (Lipinski definition) is 1. The van der Waals surface area contributed by atoms with E-state index in [-0.39, 0.29) is 33.6 Å². The number of carbonyl (C=O) groups is 2. The first-order valence-electron chi connectivity index (χ1n) is 8.16. The van der Waals surface area contributed by atoms with Crippen LogP contribution in [0.5, 0.6) is 11.5 Å². The first-order chi connectivity index (χ1) is 13.8. The number of rotatable bonds is 8. The quantitative estimate of drug-likeness (QED) is 0.297. The minimum absolute atomic E-state index is 0.0677. The molecule has 2 aromatic carbocycles. The van der Waals surface area contributed by atoms with E-state index in [1.807, 2.05) is 0 Å². The van der Waals surface area contributed by atoms with E-state index in [0.29, 0.717) is 0 Å². The number of hydrogen-bond acceptors (Lipinski definition) is 8. The van der Waals surface area contributed by atoms with E-state index in [4.69, 9.17) is 21.1 Å². The fraction of sp³-hybridized carbons (Fsp3) is 0.222. The first-order valence-corrected chi connectivity index (χ1v) is 8.54. The summed E-state index contributed by atoms with van der Waals surface area (Å²) in [6.07, 6.45) is 0. The summed E-state index contributed by atoms with van der Waals surface area (Å²) in [6.45, 7) is 1.15. The Labute approximate surface area is 170 Å². The Morgan fingerprint density at radius 3 is 2.34 bits per heavy atom. The fourth-order valence-electron chi connectivity index (χ4n) is 2.32. The predicted molar refractivity (Wildman–Crippen MR) is 105 cm³/mol. The number of benzene rings is 2. The van der Waals surface area contributed by atoms with Gasteiger partial charge in [-0.3, -0.25) is 19.7 Å². The second-order valence-electron chi connectivity index (χ2n) is 5.62. The van der Waals surface area contributed by atoms with Crippen LogP contribution in [0, 0.1) is 10.1 Å². The van der Waals surface area contributed by atoms with Crippen molar-refractivity contribution in [2.24, 2.45) is 10.2 Å². The van der Waals surface area contributed by atoms with Crippen molar-refractivity contribution in [2.75, 3.05) is 19.5 Å². The van der Waals surface area contributed by atoms with Crippen LogP contribution in [0.1, 0.15) is 6.92 Å². The van der Waals surface area contributed by atoms with Crippen molar-refractivity contribution < 1.29 is 24.0 Å². The third-order valence-corrected chi connectivity index (χ3v) is 4.12. The molecule has 1 unspecified atom stereocenters. The van der Waals surface area contributed by atoms with Gasteiger partial charge >= 0.3 is 0 Å². The summed E-state index contributed by atoms with van der Waals surface area (Å²) in [6, 6.07) is 7.08. The second kappa shape index (κ2) is 9.60. The molecule has 2 rings (SSSR count). The van der Waals surface area contributed by atoms with Crippen molar-refractivity contribution in [1.29, 1.82) is 0 Å². The third-order valence-electron chi connectivity index (χ3n) is 3.75. The second-order valence-corrected chi connectivity index (χ2v) is 6.00. The van der Waals surface area contributed by atoms with Gasteiger partial charge in [0.25, 0.3) is 11.6 Å². The highest BCUT2D eigenvalue weighted by molar-refractivity contribution is 6.35. The molecule has 0 aliphatic heterocycles. The van der Waals surface area contributed by atoms with Crippen molar-refractivity contribution in [3.05, 3.63) is 51.5 Å². The van der Waals surface area contributed by atoms with Crippen molar-refractivity contribution in [3.8, 4) is 11.5 Å². The van der Waals surface area contributed by atoms with E-state index in [9.17, 15) is 19.7 Å². The van der Waals surface area contributed by atoms with E-state index in [2.05, 4.69) is 15.5 Å². The molecule has 0 saturated heterocycles. The predicted octanol–water partition coefficient (Wildman–Crippen LogP) is 3.95. The minimum atomic E-state index is -1.55. The zero-order valence-electron chi connectivity index (χ0n) is 15.7. The average molecular weight is 421 g/mol. The fourth-order valence-corrected chi connectivity index (χ4v) is 2.60. The number of ketones is 1. The Kier molecular flexibility index (Phi) is 7.21. The molecule has 152 valence electrons. The maximum Gasteiger partial charge on any atom is 0.296 e. The van der Waals surface area contributed by atoms with Gasteiger partial charge in [0.05, 0.1) is 19.1 Å². The summed E-state index contributed by atoms with van der Waals surface area (Å²) in [5.74, 6) is -0.943. The minimum Gasteiger partial charge on any atom is -0.495 e. The van der Waals surface area contributed by atoms with Crippen LogP contribution in [0.15, 0.2) is 46.6 Å². The topological polar surface area (TPSA) is 132 Å². The van der Waals surface area contributed by atoms with Gasteiger partial charge in [-0.25, -0.2) is 0 Å². The number of amides is 1. The largest absolute Gasteiger partial charge is 0.495 e. The number of nitro benzene ring substituents is 1. The monoisotopic (exact) mass is 420 g/mol. The molecular formula is C18H17ClN4O6. The highest BCUT2D eigenvalue weighted by atomic mass is 35.5. The molecule has 0 aliphatic rings. The smallest absolute Gasteiger partial charge is 0.296 e. The lowest BCUT2D eigenvalue weighted by molar-refractivity contribution is -0.384. The molecule has 0 aliphatic carbocycles. The number of Topliss-reactive ketones (excluding diaryl/α,β-unsaturated/α-hetero) is 1. The standard InChI is InChI=1S/C18H17ClN4O6/c1-10(24)16(22-21-11-6-4-5-7-12(11)23(26)27)18(25)20-17-14(29-3)9-8-13(28-2)15(17)19/h4-9,16H,1-3H3,(H,20,25). The molecule has 2 aromatic rings. The van der Waals surface area contributed by atoms with Gasteiger partial charge in [0.2, 0.25) is 6.04 Å². The summed E-state index contributed by atoms with van der Waals surface area (Å²) < 4.78 is 10.3. The SMILES string of the molecule is COc1ccc(OC)c(NC(=O)C(N=Nc2ccccc2[N+](=O)[O-])C(C)=O)c1Cl. The van der Waals surface area contributed by atoms with Gasteiger partial charge in [-0.1, -0.05) is 23.7 Å². The lowest BCUT2D eigenvalue weighted by Crippen LogP contribution is -2.32. The van der Waals surface area contributed by atoms with E-state index in [0.717, 1.165) is 6.92 Å². The van der Waals surface area contributed by atoms with Crippen LogP contribution < -0.4 is 14.8 Å². The number of halogens is 1. The third kappa shape index (κ3) is 5.05. The van der Waals surface area contributed by atoms with Gasteiger partial charge < -0.3 is 14.8 Å². The number of carbonyl (C=O) groups excluding carboxylic acids is 2. The number of azo groups is 1. The van der Waals surface area contributed by atoms with E-state index in [1.165, 1.54) is 44.6 Å². The van der Waals surface area contributed by atoms with Crippen LogP contribution in [0.4, 0.5) is 17.1 Å². The molecule has 1 atom stereocenters. The van der Waals surface area contributed by atoms with Crippen molar-refractivity contribution >= 4 is 40.4 Å². The highest BCUT2D eigenvalue weighted by Crippen LogP contribution is 2.39. The molecular weight excluding hydrogens is 404 g/mol. The molecule has 10 nitrogen and oxygen atoms in total. The highest BCUT2D eigenvalue weighted by Gasteiger charge is 2.26. The molecule has 1 N–H and O–H groups in total. The molecule has 0 spiro atoms.